The minimum Gasteiger partial charge on any atom is -0.481 e. The topological polar surface area (TPSA) is 74.6 Å². The number of carbonyl (C=O) groups is 2. The van der Waals surface area contributed by atoms with Crippen molar-refractivity contribution in [3.63, 3.8) is 0 Å². The summed E-state index contributed by atoms with van der Waals surface area (Å²) in [6.07, 6.45) is 12.1. The van der Waals surface area contributed by atoms with E-state index in [1.54, 1.807) is 0 Å². The molecule has 0 aliphatic heterocycles. The molecule has 0 spiro atoms. The SMILES string of the molecule is CCC1C[C@H]2[C@@H]3C=CC4=CC(=O)CC[C@]4(C)[C@H]3CC[C@]2(C)[C@@]1(O)CCC(=O)O. The number of rotatable bonds is 4. The molecule has 0 heterocycles. The lowest BCUT2D eigenvalue weighted by Gasteiger charge is -2.57. The van der Waals surface area contributed by atoms with Crippen molar-refractivity contribution in [2.24, 2.45) is 34.5 Å². The molecule has 4 rings (SSSR count). The summed E-state index contributed by atoms with van der Waals surface area (Å²) < 4.78 is 0. The highest BCUT2D eigenvalue weighted by molar-refractivity contribution is 5.92. The van der Waals surface area contributed by atoms with Crippen molar-refractivity contribution in [3.05, 3.63) is 23.8 Å². The fraction of sp³-hybridized carbons (Fsp3) is 0.750. The minimum atomic E-state index is -0.900. The second-order valence-corrected chi connectivity index (χ2v) is 10.2. The van der Waals surface area contributed by atoms with Gasteiger partial charge in [0, 0.05) is 18.3 Å². The van der Waals surface area contributed by atoms with Gasteiger partial charge in [-0.15, -0.1) is 0 Å². The summed E-state index contributed by atoms with van der Waals surface area (Å²) in [5, 5.41) is 21.1. The molecule has 0 aromatic heterocycles. The van der Waals surface area contributed by atoms with E-state index in [1.165, 1.54) is 5.57 Å². The van der Waals surface area contributed by atoms with E-state index in [0.717, 1.165) is 32.1 Å². The monoisotopic (exact) mass is 386 g/mol. The van der Waals surface area contributed by atoms with E-state index in [-0.39, 0.29) is 29.0 Å². The third-order valence-electron chi connectivity index (χ3n) is 9.32. The van der Waals surface area contributed by atoms with Gasteiger partial charge in [-0.3, -0.25) is 9.59 Å². The van der Waals surface area contributed by atoms with Crippen molar-refractivity contribution < 1.29 is 19.8 Å². The third-order valence-corrected chi connectivity index (χ3v) is 9.32. The van der Waals surface area contributed by atoms with Crippen molar-refractivity contribution in [1.82, 2.24) is 0 Å². The number of aliphatic carboxylic acids is 1. The molecule has 2 N–H and O–H groups in total. The van der Waals surface area contributed by atoms with Gasteiger partial charge >= 0.3 is 5.97 Å². The molecule has 4 aliphatic carbocycles. The summed E-state index contributed by atoms with van der Waals surface area (Å²) in [4.78, 5) is 23.2. The molecular weight excluding hydrogens is 352 g/mol. The van der Waals surface area contributed by atoms with Crippen LogP contribution in [0.15, 0.2) is 23.8 Å². The molecule has 0 aromatic rings. The Morgan fingerprint density at radius 3 is 2.68 bits per heavy atom. The smallest absolute Gasteiger partial charge is 0.303 e. The van der Waals surface area contributed by atoms with Crippen LogP contribution in [0.5, 0.6) is 0 Å². The highest BCUT2D eigenvalue weighted by Gasteiger charge is 2.66. The Bertz CT molecular complexity index is 752. The molecule has 7 atom stereocenters. The van der Waals surface area contributed by atoms with E-state index in [4.69, 9.17) is 0 Å². The van der Waals surface area contributed by atoms with Crippen LogP contribution in [0.2, 0.25) is 0 Å². The average molecular weight is 387 g/mol. The lowest BCUT2D eigenvalue weighted by Crippen LogP contribution is -2.55. The first-order valence-electron chi connectivity index (χ1n) is 11.0. The molecule has 0 amide bonds. The number of carboxylic acids is 1. The van der Waals surface area contributed by atoms with Gasteiger partial charge in [0.25, 0.3) is 0 Å². The summed E-state index contributed by atoms with van der Waals surface area (Å²) in [5.41, 5.74) is 0.109. The Balaban J connectivity index is 1.71. The zero-order chi connectivity index (χ0) is 20.3. The lowest BCUT2D eigenvalue weighted by molar-refractivity contribution is -0.149. The van der Waals surface area contributed by atoms with Gasteiger partial charge in [-0.25, -0.2) is 0 Å². The number of carbonyl (C=O) groups excluding carboxylic acids is 1. The van der Waals surface area contributed by atoms with Crippen LogP contribution in [0.4, 0.5) is 0 Å². The first-order chi connectivity index (χ1) is 13.2. The first kappa shape index (κ1) is 19.9. The summed E-state index contributed by atoms with van der Waals surface area (Å²) >= 11 is 0. The normalized spacial score (nSPS) is 47.1. The van der Waals surface area contributed by atoms with E-state index in [1.807, 2.05) is 6.08 Å². The summed E-state index contributed by atoms with van der Waals surface area (Å²) in [6, 6.07) is 0. The molecule has 0 aromatic carbocycles. The van der Waals surface area contributed by atoms with Crippen LogP contribution in [0.3, 0.4) is 0 Å². The predicted molar refractivity (Wildman–Crippen MR) is 108 cm³/mol. The first-order valence-corrected chi connectivity index (χ1v) is 11.0. The number of fused-ring (bicyclic) bond motifs is 5. The molecule has 4 nitrogen and oxygen atoms in total. The lowest BCUT2D eigenvalue weighted by atomic mass is 9.48. The minimum absolute atomic E-state index is 0.0337. The number of aliphatic hydroxyl groups is 1. The number of hydrogen-bond donors (Lipinski definition) is 2. The zero-order valence-electron chi connectivity index (χ0n) is 17.4. The van der Waals surface area contributed by atoms with Crippen LogP contribution in [-0.2, 0) is 9.59 Å². The molecule has 0 radical (unpaired) electrons. The predicted octanol–water partition coefficient (Wildman–Crippen LogP) is 4.53. The maximum Gasteiger partial charge on any atom is 0.303 e. The number of allylic oxidation sites excluding steroid dienone is 4. The van der Waals surface area contributed by atoms with Crippen LogP contribution < -0.4 is 0 Å². The Morgan fingerprint density at radius 1 is 1.25 bits per heavy atom. The van der Waals surface area contributed by atoms with Crippen LogP contribution in [0, 0.1) is 34.5 Å². The fourth-order valence-electron chi connectivity index (χ4n) is 7.55. The van der Waals surface area contributed by atoms with Gasteiger partial charge in [0.1, 0.15) is 0 Å². The van der Waals surface area contributed by atoms with Gasteiger partial charge in [0.2, 0.25) is 0 Å². The highest BCUT2D eigenvalue weighted by atomic mass is 16.4. The van der Waals surface area contributed by atoms with Crippen LogP contribution in [-0.4, -0.2) is 27.6 Å². The fourth-order valence-corrected chi connectivity index (χ4v) is 7.55. The summed E-state index contributed by atoms with van der Waals surface area (Å²) in [7, 11) is 0. The van der Waals surface area contributed by atoms with Gasteiger partial charge < -0.3 is 10.2 Å². The molecule has 1 unspecified atom stereocenters. The van der Waals surface area contributed by atoms with Crippen molar-refractivity contribution in [1.29, 1.82) is 0 Å². The van der Waals surface area contributed by atoms with Gasteiger partial charge in [-0.05, 0) is 72.8 Å². The van der Waals surface area contributed by atoms with Crippen LogP contribution in [0.1, 0.15) is 72.1 Å². The largest absolute Gasteiger partial charge is 0.481 e. The molecule has 4 aliphatic rings. The van der Waals surface area contributed by atoms with E-state index in [9.17, 15) is 19.8 Å². The molecule has 0 bridgehead atoms. The van der Waals surface area contributed by atoms with Gasteiger partial charge in [0.15, 0.2) is 5.78 Å². The molecule has 2 saturated carbocycles. The number of ketones is 1. The highest BCUT2D eigenvalue weighted by Crippen LogP contribution is 2.68. The molecular formula is C24H34O4. The Hall–Kier alpha value is -1.42. The molecule has 28 heavy (non-hydrogen) atoms. The maximum absolute atomic E-state index is 12.0. The molecule has 2 fully saturated rings. The second-order valence-electron chi connectivity index (χ2n) is 10.2. The standard InChI is InChI=1S/C24H34O4/c1-4-15-14-20-18-6-5-16-13-17(25)7-10-22(16,2)19(18)8-11-23(20,3)24(15,28)12-9-21(26)27/h5-6,13,15,18-20,28H,4,7-12,14H2,1-3H3,(H,26,27)/t15?,18-,19+,20+,22+,23+,24-/m1/s1. The van der Waals surface area contributed by atoms with E-state index < -0.39 is 11.6 Å². The molecule has 4 heteroatoms. The van der Waals surface area contributed by atoms with Crippen molar-refractivity contribution in [2.75, 3.05) is 0 Å². The van der Waals surface area contributed by atoms with Gasteiger partial charge in [-0.1, -0.05) is 39.3 Å². The quantitative estimate of drug-likeness (QED) is 0.744. The second kappa shape index (κ2) is 6.55. The van der Waals surface area contributed by atoms with Crippen LogP contribution >= 0.6 is 0 Å². The van der Waals surface area contributed by atoms with Gasteiger partial charge in [0.05, 0.1) is 5.60 Å². The number of hydrogen-bond acceptors (Lipinski definition) is 3. The molecule has 154 valence electrons. The van der Waals surface area contributed by atoms with Crippen molar-refractivity contribution in [2.45, 2.75) is 77.7 Å². The zero-order valence-corrected chi connectivity index (χ0v) is 17.4. The van der Waals surface area contributed by atoms with E-state index in [0.29, 0.717) is 30.6 Å². The average Bonchev–Trinajstić information content (AvgIpc) is 2.88. The van der Waals surface area contributed by atoms with Crippen molar-refractivity contribution >= 4 is 11.8 Å². The Kier molecular flexibility index (Phi) is 4.65. The van der Waals surface area contributed by atoms with E-state index >= 15 is 0 Å². The Morgan fingerprint density at radius 2 is 2.00 bits per heavy atom. The Labute approximate surface area is 168 Å². The number of carboxylic acid groups (broad SMARTS) is 1. The van der Waals surface area contributed by atoms with Gasteiger partial charge in [-0.2, -0.15) is 0 Å². The summed E-state index contributed by atoms with van der Waals surface area (Å²) in [5.74, 6) is 0.868. The summed E-state index contributed by atoms with van der Waals surface area (Å²) in [6.45, 7) is 6.68. The van der Waals surface area contributed by atoms with Crippen LogP contribution in [0.25, 0.3) is 0 Å². The van der Waals surface area contributed by atoms with Crippen molar-refractivity contribution in [3.8, 4) is 0 Å². The van der Waals surface area contributed by atoms with E-state index in [2.05, 4.69) is 32.9 Å². The molecule has 0 saturated heterocycles. The third kappa shape index (κ3) is 2.59. The maximum atomic E-state index is 12.0.